The van der Waals surface area contributed by atoms with E-state index in [0.717, 1.165) is 25.4 Å². The fourth-order valence-corrected chi connectivity index (χ4v) is 2.81. The summed E-state index contributed by atoms with van der Waals surface area (Å²) in [5, 5.41) is 9.11. The van der Waals surface area contributed by atoms with Crippen molar-refractivity contribution >= 4 is 5.97 Å². The molecule has 0 saturated carbocycles. The second-order valence-electron chi connectivity index (χ2n) is 6.10. The zero-order valence-electron chi connectivity index (χ0n) is 12.6. The highest BCUT2D eigenvalue weighted by atomic mass is 16.4. The minimum atomic E-state index is -1.05. The van der Waals surface area contributed by atoms with Crippen molar-refractivity contribution in [3.63, 3.8) is 0 Å². The van der Waals surface area contributed by atoms with Gasteiger partial charge >= 0.3 is 5.97 Å². The van der Waals surface area contributed by atoms with Gasteiger partial charge in [-0.15, -0.1) is 0 Å². The van der Waals surface area contributed by atoms with E-state index in [9.17, 15) is 4.79 Å². The van der Waals surface area contributed by atoms with Crippen molar-refractivity contribution in [2.45, 2.75) is 38.1 Å². The Kier molecular flexibility index (Phi) is 6.23. The molecule has 2 atom stereocenters. The minimum absolute atomic E-state index is 0.486. The van der Waals surface area contributed by atoms with Gasteiger partial charge in [0.25, 0.3) is 0 Å². The normalized spacial score (nSPS) is 23.7. The van der Waals surface area contributed by atoms with Crippen molar-refractivity contribution in [1.29, 1.82) is 0 Å². The van der Waals surface area contributed by atoms with Crippen LogP contribution in [0.25, 0.3) is 0 Å². The van der Waals surface area contributed by atoms with Crippen LogP contribution in [-0.4, -0.2) is 66.7 Å². The third kappa shape index (κ3) is 5.09. The van der Waals surface area contributed by atoms with Gasteiger partial charge in [0.2, 0.25) is 0 Å². The Bertz CT molecular complexity index is 298. The smallest absolute Gasteiger partial charge is 0.323 e. The fraction of sp³-hybridized carbons (Fsp3) is 0.929. The van der Waals surface area contributed by atoms with E-state index in [2.05, 4.69) is 23.9 Å². The third-order valence-electron chi connectivity index (χ3n) is 4.28. The first-order chi connectivity index (χ1) is 8.87. The van der Waals surface area contributed by atoms with Crippen molar-refractivity contribution in [1.82, 2.24) is 9.80 Å². The molecule has 1 aliphatic rings. The number of hydrogen-bond donors (Lipinski definition) is 2. The predicted octanol–water partition coefficient (Wildman–Crippen LogP) is 0.842. The molecule has 1 heterocycles. The highest BCUT2D eigenvalue weighted by Gasteiger charge is 2.31. The first kappa shape index (κ1) is 16.4. The van der Waals surface area contributed by atoms with E-state index < -0.39 is 11.5 Å². The lowest BCUT2D eigenvalue weighted by atomic mass is 9.92. The lowest BCUT2D eigenvalue weighted by Crippen LogP contribution is -2.47. The Morgan fingerprint density at radius 1 is 1.58 bits per heavy atom. The first-order valence-corrected chi connectivity index (χ1v) is 7.26. The van der Waals surface area contributed by atoms with Gasteiger partial charge < -0.3 is 20.6 Å². The molecular formula is C14H29N3O2. The van der Waals surface area contributed by atoms with Crippen LogP contribution in [0.5, 0.6) is 0 Å². The topological polar surface area (TPSA) is 69.8 Å². The molecule has 1 rings (SSSR count). The number of hydrogen-bond acceptors (Lipinski definition) is 4. The maximum Gasteiger partial charge on any atom is 0.323 e. The van der Waals surface area contributed by atoms with Crippen LogP contribution in [0, 0.1) is 5.92 Å². The molecule has 0 aromatic carbocycles. The Labute approximate surface area is 116 Å². The Balaban J connectivity index is 2.23. The van der Waals surface area contributed by atoms with Gasteiger partial charge in [0.15, 0.2) is 0 Å². The van der Waals surface area contributed by atoms with Gasteiger partial charge in [-0.3, -0.25) is 4.79 Å². The van der Waals surface area contributed by atoms with Gasteiger partial charge in [0.1, 0.15) is 5.54 Å². The summed E-state index contributed by atoms with van der Waals surface area (Å²) in [5.74, 6) is -0.127. The van der Waals surface area contributed by atoms with E-state index >= 15 is 0 Å². The molecular weight excluding hydrogens is 242 g/mol. The van der Waals surface area contributed by atoms with Gasteiger partial charge in [-0.25, -0.2) is 0 Å². The molecule has 0 amide bonds. The maximum absolute atomic E-state index is 11.1. The zero-order chi connectivity index (χ0) is 14.5. The van der Waals surface area contributed by atoms with Gasteiger partial charge in [-0.2, -0.15) is 0 Å². The summed E-state index contributed by atoms with van der Waals surface area (Å²) < 4.78 is 0. The molecule has 0 aromatic rings. The van der Waals surface area contributed by atoms with E-state index in [1.807, 2.05) is 6.92 Å². The molecule has 1 aliphatic heterocycles. The minimum Gasteiger partial charge on any atom is -0.480 e. The van der Waals surface area contributed by atoms with Crippen molar-refractivity contribution in [3.05, 3.63) is 0 Å². The maximum atomic E-state index is 11.1. The molecule has 1 saturated heterocycles. The van der Waals surface area contributed by atoms with E-state index in [1.54, 1.807) is 0 Å². The van der Waals surface area contributed by atoms with E-state index in [1.165, 1.54) is 19.5 Å². The van der Waals surface area contributed by atoms with Crippen LogP contribution in [-0.2, 0) is 4.79 Å². The molecule has 2 unspecified atom stereocenters. The summed E-state index contributed by atoms with van der Waals surface area (Å²) in [5.41, 5.74) is 4.84. The van der Waals surface area contributed by atoms with E-state index in [4.69, 9.17) is 10.8 Å². The number of aliphatic carboxylic acids is 1. The number of nitrogens with two attached hydrogens (primary N) is 1. The largest absolute Gasteiger partial charge is 0.480 e. The van der Waals surface area contributed by atoms with Gasteiger partial charge in [0.05, 0.1) is 0 Å². The molecule has 0 radical (unpaired) electrons. The highest BCUT2D eigenvalue weighted by molar-refractivity contribution is 5.78. The Hall–Kier alpha value is -0.650. The second kappa shape index (κ2) is 7.22. The number of nitrogens with zero attached hydrogens (tertiary/aromatic N) is 2. The molecule has 0 spiro atoms. The second-order valence-corrected chi connectivity index (χ2v) is 6.10. The van der Waals surface area contributed by atoms with Crippen LogP contribution in [0.2, 0.25) is 0 Å². The van der Waals surface area contributed by atoms with Crippen molar-refractivity contribution in [2.75, 3.05) is 40.3 Å². The fourth-order valence-electron chi connectivity index (χ4n) is 2.81. The SMILES string of the molecule is CCC(N)(CCCN(C)CC1CCN(C)C1)C(=O)O. The van der Waals surface area contributed by atoms with Gasteiger partial charge in [-0.05, 0) is 58.8 Å². The average Bonchev–Trinajstić information content (AvgIpc) is 2.74. The number of carboxylic acid groups (broad SMARTS) is 1. The molecule has 3 N–H and O–H groups in total. The number of carboxylic acids is 1. The van der Waals surface area contributed by atoms with Crippen molar-refractivity contribution in [2.24, 2.45) is 11.7 Å². The monoisotopic (exact) mass is 271 g/mol. The van der Waals surface area contributed by atoms with Crippen LogP contribution in [0.3, 0.4) is 0 Å². The van der Waals surface area contributed by atoms with Crippen LogP contribution in [0.4, 0.5) is 0 Å². The summed E-state index contributed by atoms with van der Waals surface area (Å²) in [6, 6.07) is 0. The lowest BCUT2D eigenvalue weighted by Gasteiger charge is -2.25. The van der Waals surface area contributed by atoms with Crippen LogP contribution < -0.4 is 5.73 Å². The summed E-state index contributed by atoms with van der Waals surface area (Å²) >= 11 is 0. The lowest BCUT2D eigenvalue weighted by molar-refractivity contribution is -0.143. The molecule has 5 nitrogen and oxygen atoms in total. The van der Waals surface area contributed by atoms with Crippen LogP contribution >= 0.6 is 0 Å². The van der Waals surface area contributed by atoms with E-state index in [0.29, 0.717) is 12.8 Å². The van der Waals surface area contributed by atoms with Crippen molar-refractivity contribution in [3.8, 4) is 0 Å². The summed E-state index contributed by atoms with van der Waals surface area (Å²) in [4.78, 5) is 15.8. The number of carbonyl (C=O) groups is 1. The molecule has 19 heavy (non-hydrogen) atoms. The van der Waals surface area contributed by atoms with Crippen LogP contribution in [0.15, 0.2) is 0 Å². The molecule has 1 fully saturated rings. The molecule has 5 heteroatoms. The quantitative estimate of drug-likeness (QED) is 0.685. The standard InChI is InChI=1S/C14H29N3O2/c1-4-14(15,13(18)19)7-5-8-16(2)10-12-6-9-17(3)11-12/h12H,4-11,15H2,1-3H3,(H,18,19). The summed E-state index contributed by atoms with van der Waals surface area (Å²) in [6.07, 6.45) is 3.15. The number of rotatable bonds is 8. The summed E-state index contributed by atoms with van der Waals surface area (Å²) in [6.45, 7) is 6.23. The molecule has 0 bridgehead atoms. The van der Waals surface area contributed by atoms with Crippen LogP contribution in [0.1, 0.15) is 32.6 Å². The van der Waals surface area contributed by atoms with Gasteiger partial charge in [0, 0.05) is 13.1 Å². The molecule has 0 aliphatic carbocycles. The third-order valence-corrected chi connectivity index (χ3v) is 4.28. The average molecular weight is 271 g/mol. The predicted molar refractivity (Wildman–Crippen MR) is 77.2 cm³/mol. The zero-order valence-corrected chi connectivity index (χ0v) is 12.6. The Morgan fingerprint density at radius 3 is 2.74 bits per heavy atom. The van der Waals surface area contributed by atoms with Gasteiger partial charge in [-0.1, -0.05) is 6.92 Å². The molecule has 112 valence electrons. The molecule has 0 aromatic heterocycles. The first-order valence-electron chi connectivity index (χ1n) is 7.26. The van der Waals surface area contributed by atoms with Crippen molar-refractivity contribution < 1.29 is 9.90 Å². The van der Waals surface area contributed by atoms with E-state index in [-0.39, 0.29) is 0 Å². The number of likely N-dealkylation sites (tertiary alicyclic amines) is 1. The summed E-state index contributed by atoms with van der Waals surface area (Å²) in [7, 11) is 4.28. The highest BCUT2D eigenvalue weighted by Crippen LogP contribution is 2.17. The Morgan fingerprint density at radius 2 is 2.26 bits per heavy atom.